The highest BCUT2D eigenvalue weighted by Crippen LogP contribution is 2.28. The van der Waals surface area contributed by atoms with E-state index in [0.29, 0.717) is 12.5 Å². The van der Waals surface area contributed by atoms with Crippen LogP contribution >= 0.6 is 0 Å². The first-order chi connectivity index (χ1) is 11.4. The molecule has 4 rings (SSSR count). The number of hydrogen-bond acceptors (Lipinski definition) is 3. The predicted molar refractivity (Wildman–Crippen MR) is 92.6 cm³/mol. The maximum Gasteiger partial charge on any atom is 0.213 e. The molecule has 1 aliphatic rings. The number of fused-ring (bicyclic) bond motifs is 1. The van der Waals surface area contributed by atoms with Crippen molar-refractivity contribution in [1.82, 2.24) is 4.98 Å². The lowest BCUT2D eigenvalue weighted by atomic mass is 10.0. The molecule has 3 nitrogen and oxygen atoms in total. The molecule has 0 aliphatic carbocycles. The Morgan fingerprint density at radius 1 is 0.957 bits per heavy atom. The van der Waals surface area contributed by atoms with Crippen LogP contribution in [0.2, 0.25) is 0 Å². The molecular formula is C20H18N2O. The van der Waals surface area contributed by atoms with Gasteiger partial charge in [0.15, 0.2) is 0 Å². The number of anilines is 1. The van der Waals surface area contributed by atoms with E-state index in [1.165, 1.54) is 16.8 Å². The molecule has 1 aromatic heterocycles. The zero-order chi connectivity index (χ0) is 15.5. The lowest BCUT2D eigenvalue weighted by Gasteiger charge is -2.08. The van der Waals surface area contributed by atoms with Crippen LogP contribution in [-0.2, 0) is 13.0 Å². The van der Waals surface area contributed by atoms with Gasteiger partial charge in [0.05, 0.1) is 0 Å². The monoisotopic (exact) mass is 302 g/mol. The zero-order valence-electron chi connectivity index (χ0n) is 12.8. The van der Waals surface area contributed by atoms with E-state index >= 15 is 0 Å². The predicted octanol–water partition coefficient (Wildman–Crippen LogP) is 4.30. The molecule has 3 aromatic rings. The van der Waals surface area contributed by atoms with Crippen molar-refractivity contribution in [1.29, 1.82) is 0 Å². The van der Waals surface area contributed by atoms with Crippen molar-refractivity contribution in [3.05, 3.63) is 78.0 Å². The molecule has 0 amide bonds. The maximum atomic E-state index is 5.74. The van der Waals surface area contributed by atoms with Gasteiger partial charge in [0, 0.05) is 30.1 Å². The summed E-state index contributed by atoms with van der Waals surface area (Å²) in [6, 6.07) is 20.7. The first kappa shape index (κ1) is 13.8. The molecule has 1 N–H and O–H groups in total. The van der Waals surface area contributed by atoms with Gasteiger partial charge in [0.2, 0.25) is 5.88 Å². The number of nitrogens with zero attached hydrogens (tertiary/aromatic N) is 1. The second kappa shape index (κ2) is 6.13. The quantitative estimate of drug-likeness (QED) is 0.780. The van der Waals surface area contributed by atoms with Crippen LogP contribution in [0.3, 0.4) is 0 Å². The van der Waals surface area contributed by atoms with Crippen LogP contribution in [0.15, 0.2) is 66.9 Å². The second-order valence-electron chi connectivity index (χ2n) is 5.71. The summed E-state index contributed by atoms with van der Waals surface area (Å²) in [6.45, 7) is 1.57. The van der Waals surface area contributed by atoms with Crippen molar-refractivity contribution in [2.45, 2.75) is 13.0 Å². The van der Waals surface area contributed by atoms with Crippen LogP contribution in [0, 0.1) is 0 Å². The third-order valence-corrected chi connectivity index (χ3v) is 4.11. The minimum atomic E-state index is 0.539. The molecule has 0 spiro atoms. The van der Waals surface area contributed by atoms with Crippen LogP contribution in [0.5, 0.6) is 5.88 Å². The second-order valence-corrected chi connectivity index (χ2v) is 5.71. The number of pyridine rings is 1. The van der Waals surface area contributed by atoms with Gasteiger partial charge in [0.25, 0.3) is 0 Å². The van der Waals surface area contributed by atoms with E-state index in [1.807, 2.05) is 42.6 Å². The van der Waals surface area contributed by atoms with Gasteiger partial charge in [-0.3, -0.25) is 0 Å². The molecule has 23 heavy (non-hydrogen) atoms. The van der Waals surface area contributed by atoms with Gasteiger partial charge < -0.3 is 10.1 Å². The SMILES string of the molecule is c1ccc(COc2ccc(-c3ccc4c(c3)CCN4)cn2)cc1. The summed E-state index contributed by atoms with van der Waals surface area (Å²) in [5, 5.41) is 3.38. The first-order valence-electron chi connectivity index (χ1n) is 7.88. The van der Waals surface area contributed by atoms with Gasteiger partial charge in [0.1, 0.15) is 6.61 Å². The Labute approximate surface area is 136 Å². The van der Waals surface area contributed by atoms with Gasteiger partial charge in [-0.25, -0.2) is 4.98 Å². The summed E-state index contributed by atoms with van der Waals surface area (Å²) in [5.41, 5.74) is 6.10. The van der Waals surface area contributed by atoms with E-state index in [4.69, 9.17) is 4.74 Å². The number of nitrogens with one attached hydrogen (secondary N) is 1. The molecular weight excluding hydrogens is 284 g/mol. The smallest absolute Gasteiger partial charge is 0.213 e. The van der Waals surface area contributed by atoms with Crippen molar-refractivity contribution in [3.8, 4) is 17.0 Å². The first-order valence-corrected chi connectivity index (χ1v) is 7.88. The van der Waals surface area contributed by atoms with E-state index in [-0.39, 0.29) is 0 Å². The molecule has 0 bridgehead atoms. The number of rotatable bonds is 4. The highest BCUT2D eigenvalue weighted by Gasteiger charge is 2.10. The Balaban J connectivity index is 1.47. The number of benzene rings is 2. The Kier molecular flexibility index (Phi) is 3.68. The van der Waals surface area contributed by atoms with Crippen LogP contribution in [0.4, 0.5) is 5.69 Å². The summed E-state index contributed by atoms with van der Waals surface area (Å²) < 4.78 is 5.74. The van der Waals surface area contributed by atoms with Gasteiger partial charge in [-0.2, -0.15) is 0 Å². The molecule has 0 fully saturated rings. The minimum absolute atomic E-state index is 0.539. The summed E-state index contributed by atoms with van der Waals surface area (Å²) >= 11 is 0. The fourth-order valence-electron chi connectivity index (χ4n) is 2.85. The highest BCUT2D eigenvalue weighted by atomic mass is 16.5. The molecule has 0 atom stereocenters. The van der Waals surface area contributed by atoms with E-state index in [0.717, 1.165) is 24.1 Å². The Bertz CT molecular complexity index is 798. The maximum absolute atomic E-state index is 5.74. The largest absolute Gasteiger partial charge is 0.473 e. The molecule has 0 saturated heterocycles. The van der Waals surface area contributed by atoms with E-state index in [2.05, 4.69) is 34.6 Å². The number of aromatic nitrogens is 1. The Morgan fingerprint density at radius 2 is 1.83 bits per heavy atom. The average molecular weight is 302 g/mol. The summed E-state index contributed by atoms with van der Waals surface area (Å²) in [5.74, 6) is 0.653. The van der Waals surface area contributed by atoms with Crippen molar-refractivity contribution >= 4 is 5.69 Å². The van der Waals surface area contributed by atoms with Gasteiger partial charge >= 0.3 is 0 Å². The van der Waals surface area contributed by atoms with Crippen LogP contribution in [0.25, 0.3) is 11.1 Å². The molecule has 0 saturated carbocycles. The van der Waals surface area contributed by atoms with Crippen molar-refractivity contribution in [2.24, 2.45) is 0 Å². The molecule has 0 unspecified atom stereocenters. The molecule has 0 radical (unpaired) electrons. The van der Waals surface area contributed by atoms with Gasteiger partial charge in [-0.15, -0.1) is 0 Å². The molecule has 114 valence electrons. The molecule has 1 aliphatic heterocycles. The Morgan fingerprint density at radius 3 is 2.65 bits per heavy atom. The normalized spacial score (nSPS) is 12.5. The third kappa shape index (κ3) is 3.04. The van der Waals surface area contributed by atoms with E-state index in [9.17, 15) is 0 Å². The van der Waals surface area contributed by atoms with Crippen molar-refractivity contribution in [3.63, 3.8) is 0 Å². The lowest BCUT2D eigenvalue weighted by Crippen LogP contribution is -1.96. The Hall–Kier alpha value is -2.81. The van der Waals surface area contributed by atoms with Gasteiger partial charge in [-0.05, 0) is 41.3 Å². The zero-order valence-corrected chi connectivity index (χ0v) is 12.8. The number of hydrogen-bond donors (Lipinski definition) is 1. The third-order valence-electron chi connectivity index (χ3n) is 4.11. The van der Waals surface area contributed by atoms with Crippen molar-refractivity contribution < 1.29 is 4.74 Å². The fraction of sp³-hybridized carbons (Fsp3) is 0.150. The van der Waals surface area contributed by atoms with E-state index in [1.54, 1.807) is 0 Å². The van der Waals surface area contributed by atoms with Crippen LogP contribution in [0.1, 0.15) is 11.1 Å². The standard InChI is InChI=1S/C20H18N2O/c1-2-4-15(5-3-1)14-23-20-9-7-18(13-22-20)16-6-8-19-17(12-16)10-11-21-19/h1-9,12-13,21H,10-11,14H2. The lowest BCUT2D eigenvalue weighted by molar-refractivity contribution is 0.294. The van der Waals surface area contributed by atoms with Gasteiger partial charge in [-0.1, -0.05) is 36.4 Å². The van der Waals surface area contributed by atoms with E-state index < -0.39 is 0 Å². The van der Waals surface area contributed by atoms with Crippen LogP contribution < -0.4 is 10.1 Å². The summed E-state index contributed by atoms with van der Waals surface area (Å²) in [4.78, 5) is 4.43. The number of ether oxygens (including phenoxy) is 1. The highest BCUT2D eigenvalue weighted by molar-refractivity contribution is 5.69. The molecule has 2 heterocycles. The topological polar surface area (TPSA) is 34.1 Å². The minimum Gasteiger partial charge on any atom is -0.473 e. The average Bonchev–Trinajstić information content (AvgIpc) is 3.09. The van der Waals surface area contributed by atoms with Crippen LogP contribution in [-0.4, -0.2) is 11.5 Å². The molecule has 3 heteroatoms. The molecule has 2 aromatic carbocycles. The van der Waals surface area contributed by atoms with Crippen molar-refractivity contribution in [2.75, 3.05) is 11.9 Å². The summed E-state index contributed by atoms with van der Waals surface area (Å²) in [6.07, 6.45) is 2.97. The summed E-state index contributed by atoms with van der Waals surface area (Å²) in [7, 11) is 0. The fourth-order valence-corrected chi connectivity index (χ4v) is 2.85.